The Bertz CT molecular complexity index is 1460. The second kappa shape index (κ2) is 9.73. The van der Waals surface area contributed by atoms with E-state index in [2.05, 4.69) is 106 Å². The van der Waals surface area contributed by atoms with Crippen LogP contribution in [0.15, 0.2) is 53.2 Å². The highest BCUT2D eigenvalue weighted by Crippen LogP contribution is 2.46. The first-order valence-electron chi connectivity index (χ1n) is 13.2. The highest BCUT2D eigenvalue weighted by molar-refractivity contribution is 7.17. The lowest BCUT2D eigenvalue weighted by molar-refractivity contribution is 0.702. The summed E-state index contributed by atoms with van der Waals surface area (Å²) in [6.07, 6.45) is 3.66. The fraction of sp³-hybridized carbons (Fsp3) is 0.375. The quantitative estimate of drug-likeness (QED) is 0.120. The summed E-state index contributed by atoms with van der Waals surface area (Å²) < 4.78 is 2.71. The zero-order valence-electron chi connectivity index (χ0n) is 21.9. The van der Waals surface area contributed by atoms with E-state index in [4.69, 9.17) is 0 Å². The van der Waals surface area contributed by atoms with Crippen LogP contribution in [-0.2, 0) is 0 Å². The number of benzene rings is 3. The molecule has 0 aliphatic carbocycles. The molecule has 5 aromatic rings. The fourth-order valence-corrected chi connectivity index (χ4v) is 13.8. The van der Waals surface area contributed by atoms with Crippen molar-refractivity contribution >= 4 is 72.5 Å². The zero-order chi connectivity index (χ0) is 24.7. The minimum atomic E-state index is -1.90. The van der Waals surface area contributed by atoms with Crippen molar-refractivity contribution in [1.82, 2.24) is 0 Å². The molecule has 3 unspecified atom stereocenters. The van der Waals surface area contributed by atoms with Gasteiger partial charge < -0.3 is 0 Å². The van der Waals surface area contributed by atoms with Crippen molar-refractivity contribution in [2.45, 2.75) is 77.4 Å². The number of hydrogen-bond acceptors (Lipinski definition) is 2. The molecule has 0 aliphatic heterocycles. The van der Waals surface area contributed by atoms with E-state index < -0.39 is 8.07 Å². The second-order valence-electron chi connectivity index (χ2n) is 10.4. The minimum absolute atomic E-state index is 0.689. The van der Waals surface area contributed by atoms with Crippen molar-refractivity contribution in [1.29, 1.82) is 0 Å². The van der Waals surface area contributed by atoms with Gasteiger partial charge in [-0.15, -0.1) is 28.2 Å². The first-order chi connectivity index (χ1) is 16.9. The van der Waals surface area contributed by atoms with Gasteiger partial charge in [-0.05, 0) is 102 Å². The third kappa shape index (κ3) is 4.04. The lowest BCUT2D eigenvalue weighted by atomic mass is 9.96. The Morgan fingerprint density at radius 2 is 1.09 bits per heavy atom. The summed E-state index contributed by atoms with van der Waals surface area (Å²) in [5.41, 5.74) is 7.48. The molecule has 3 heteroatoms. The molecule has 5 rings (SSSR count). The second-order valence-corrected chi connectivity index (χ2v) is 17.4. The molecule has 180 valence electrons. The Morgan fingerprint density at radius 3 is 1.51 bits per heavy atom. The number of fused-ring (bicyclic) bond motifs is 4. The van der Waals surface area contributed by atoms with Crippen LogP contribution < -0.4 is 0 Å². The van der Waals surface area contributed by atoms with Gasteiger partial charge in [-0.25, -0.2) is 0 Å². The highest BCUT2D eigenvalue weighted by Gasteiger charge is 2.45. The Labute approximate surface area is 219 Å². The largest absolute Gasteiger partial charge is 0.147 e. The standard InChI is InChI=1S/C32H36S2Si/c1-7-21(4)35(22(5)8-2,23(6)9-3)15-12-28-29-19-31-24(10-13-33-31)16-26(29)18-27-17-25-11-14-34-32(25)20-30(27)28/h10-11,13-14,16-23H,7-9H2,1-6H3. The lowest BCUT2D eigenvalue weighted by Gasteiger charge is -2.41. The first-order valence-corrected chi connectivity index (χ1v) is 17.2. The Balaban J connectivity index is 1.87. The van der Waals surface area contributed by atoms with Gasteiger partial charge in [0.25, 0.3) is 0 Å². The van der Waals surface area contributed by atoms with Crippen molar-refractivity contribution in [2.24, 2.45) is 0 Å². The maximum atomic E-state index is 4.17. The van der Waals surface area contributed by atoms with Gasteiger partial charge in [0, 0.05) is 15.0 Å². The molecule has 35 heavy (non-hydrogen) atoms. The third-order valence-corrected chi connectivity index (χ3v) is 17.2. The van der Waals surface area contributed by atoms with E-state index in [9.17, 15) is 0 Å². The highest BCUT2D eigenvalue weighted by atomic mass is 32.1. The van der Waals surface area contributed by atoms with E-state index in [0.717, 1.165) is 0 Å². The summed E-state index contributed by atoms with van der Waals surface area (Å²) >= 11 is 3.66. The molecule has 0 saturated heterocycles. The predicted octanol–water partition coefficient (Wildman–Crippen LogP) is 11.2. The number of hydrogen-bond donors (Lipinski definition) is 0. The summed E-state index contributed by atoms with van der Waals surface area (Å²) in [7, 11) is -1.90. The van der Waals surface area contributed by atoms with Gasteiger partial charge in [-0.1, -0.05) is 66.7 Å². The van der Waals surface area contributed by atoms with E-state index in [1.165, 1.54) is 66.5 Å². The molecule has 0 bridgehead atoms. The Hall–Kier alpha value is -2.12. The van der Waals surface area contributed by atoms with E-state index in [-0.39, 0.29) is 0 Å². The molecule has 0 N–H and O–H groups in total. The minimum Gasteiger partial charge on any atom is -0.144 e. The van der Waals surface area contributed by atoms with Crippen LogP contribution in [0.5, 0.6) is 0 Å². The first kappa shape index (κ1) is 24.6. The van der Waals surface area contributed by atoms with E-state index >= 15 is 0 Å². The summed E-state index contributed by atoms with van der Waals surface area (Å²) in [5.74, 6) is 3.95. The molecule has 0 nitrogen and oxygen atoms in total. The van der Waals surface area contributed by atoms with Crippen LogP contribution in [0.1, 0.15) is 66.4 Å². The predicted molar refractivity (Wildman–Crippen MR) is 164 cm³/mol. The van der Waals surface area contributed by atoms with Gasteiger partial charge in [0.05, 0.1) is 0 Å². The molecule has 0 radical (unpaired) electrons. The molecular weight excluding hydrogens is 477 g/mol. The fourth-order valence-electron chi connectivity index (χ4n) is 6.18. The van der Waals surface area contributed by atoms with Crippen molar-refractivity contribution in [3.63, 3.8) is 0 Å². The summed E-state index contributed by atoms with van der Waals surface area (Å²) in [6.45, 7) is 14.6. The van der Waals surface area contributed by atoms with E-state index in [0.29, 0.717) is 16.6 Å². The number of rotatable bonds is 6. The summed E-state index contributed by atoms with van der Waals surface area (Å²) in [4.78, 5) is 0. The van der Waals surface area contributed by atoms with E-state index in [1.807, 2.05) is 22.7 Å². The van der Waals surface area contributed by atoms with Crippen LogP contribution in [-0.4, -0.2) is 8.07 Å². The van der Waals surface area contributed by atoms with Crippen molar-refractivity contribution in [2.75, 3.05) is 0 Å². The van der Waals surface area contributed by atoms with Gasteiger partial charge in [-0.3, -0.25) is 0 Å². The normalized spacial score (nSPS) is 16.3. The van der Waals surface area contributed by atoms with Gasteiger partial charge >= 0.3 is 0 Å². The molecule has 0 fully saturated rings. The molecule has 0 aliphatic rings. The molecule has 0 saturated carbocycles. The SMILES string of the molecule is CCC(C)[Si](C#Cc1c2cc3sccc3cc2cc2cc3ccsc3cc12)(C(C)CC)C(C)CC. The van der Waals surface area contributed by atoms with Crippen LogP contribution in [0.3, 0.4) is 0 Å². The van der Waals surface area contributed by atoms with E-state index in [1.54, 1.807) is 0 Å². The van der Waals surface area contributed by atoms with Gasteiger partial charge in [0.2, 0.25) is 0 Å². The zero-order valence-corrected chi connectivity index (χ0v) is 24.5. The number of thiophene rings is 2. The topological polar surface area (TPSA) is 0 Å². The molecule has 2 aromatic heterocycles. The molecule has 0 spiro atoms. The lowest BCUT2D eigenvalue weighted by Crippen LogP contribution is -2.45. The van der Waals surface area contributed by atoms with Crippen LogP contribution in [0.25, 0.3) is 41.7 Å². The molecule has 2 heterocycles. The smallest absolute Gasteiger partial charge is 0.144 e. The van der Waals surface area contributed by atoms with Crippen LogP contribution in [0.4, 0.5) is 0 Å². The van der Waals surface area contributed by atoms with Crippen LogP contribution >= 0.6 is 22.7 Å². The molecular formula is C32H36S2Si. The van der Waals surface area contributed by atoms with Crippen molar-refractivity contribution in [3.8, 4) is 11.5 Å². The molecule has 3 atom stereocenters. The summed E-state index contributed by atoms with van der Waals surface area (Å²) in [6, 6.07) is 16.4. The third-order valence-electron chi connectivity index (χ3n) is 8.79. The average Bonchev–Trinajstić information content (AvgIpc) is 3.53. The van der Waals surface area contributed by atoms with Crippen molar-refractivity contribution < 1.29 is 0 Å². The van der Waals surface area contributed by atoms with Crippen molar-refractivity contribution in [3.05, 3.63) is 58.8 Å². The van der Waals surface area contributed by atoms with Gasteiger partial charge in [0.15, 0.2) is 0 Å². The van der Waals surface area contributed by atoms with Crippen LogP contribution in [0.2, 0.25) is 16.6 Å². The maximum absolute atomic E-state index is 4.17. The Morgan fingerprint density at radius 1 is 0.657 bits per heavy atom. The van der Waals surface area contributed by atoms with Gasteiger partial charge in [0.1, 0.15) is 8.07 Å². The average molecular weight is 513 g/mol. The van der Waals surface area contributed by atoms with Gasteiger partial charge in [-0.2, -0.15) is 0 Å². The Kier molecular flexibility index (Phi) is 6.83. The molecule has 0 amide bonds. The van der Waals surface area contributed by atoms with Crippen LogP contribution in [0, 0.1) is 11.5 Å². The monoisotopic (exact) mass is 512 g/mol. The molecule has 3 aromatic carbocycles. The summed E-state index contributed by atoms with van der Waals surface area (Å²) in [5, 5.41) is 12.3. The maximum Gasteiger partial charge on any atom is 0.147 e.